The minimum absolute atomic E-state index is 0.143. The molecule has 0 spiro atoms. The van der Waals surface area contributed by atoms with Gasteiger partial charge in [0.2, 0.25) is 0 Å². The number of carboxylic acids is 1. The average molecular weight is 423 g/mol. The van der Waals surface area contributed by atoms with Gasteiger partial charge >= 0.3 is 5.97 Å². The Morgan fingerprint density at radius 3 is 2.30 bits per heavy atom. The van der Waals surface area contributed by atoms with Crippen LogP contribution in [0.3, 0.4) is 0 Å². The monoisotopic (exact) mass is 422 g/mol. The van der Waals surface area contributed by atoms with Crippen LogP contribution in [0.25, 0.3) is 17.2 Å². The fourth-order valence-corrected chi connectivity index (χ4v) is 3.15. The predicted molar refractivity (Wildman–Crippen MR) is 117 cm³/mol. The number of ether oxygens (including phenoxy) is 2. The molecule has 0 radical (unpaired) electrons. The maximum absolute atomic E-state index is 12.6. The molecule has 0 amide bonds. The number of benzene rings is 3. The quantitative estimate of drug-likeness (QED) is 0.395. The first-order valence-corrected chi connectivity index (χ1v) is 9.38. The van der Waals surface area contributed by atoms with Crippen molar-refractivity contribution in [1.82, 2.24) is 0 Å². The Hall–Kier alpha value is -3.57. The van der Waals surface area contributed by atoms with Crippen LogP contribution in [0.2, 0.25) is 5.02 Å². The third-order valence-electron chi connectivity index (χ3n) is 4.55. The Morgan fingerprint density at radius 1 is 0.933 bits per heavy atom. The van der Waals surface area contributed by atoms with Gasteiger partial charge in [-0.25, -0.2) is 4.79 Å². The van der Waals surface area contributed by atoms with Crippen molar-refractivity contribution in [1.29, 1.82) is 0 Å². The molecule has 0 aliphatic heterocycles. The number of methoxy groups -OCH3 is 2. The highest BCUT2D eigenvalue weighted by Gasteiger charge is 2.13. The maximum atomic E-state index is 12.6. The summed E-state index contributed by atoms with van der Waals surface area (Å²) in [5.41, 5.74) is 2.51. The Balaban J connectivity index is 1.84. The van der Waals surface area contributed by atoms with Crippen LogP contribution in [0.4, 0.5) is 0 Å². The predicted octanol–water partition coefficient (Wildman–Crippen LogP) is 5.62. The Kier molecular flexibility index (Phi) is 6.54. The van der Waals surface area contributed by atoms with E-state index in [9.17, 15) is 14.7 Å². The van der Waals surface area contributed by atoms with Crippen LogP contribution in [0.5, 0.6) is 11.5 Å². The van der Waals surface area contributed by atoms with Crippen molar-refractivity contribution in [3.63, 3.8) is 0 Å². The zero-order valence-corrected chi connectivity index (χ0v) is 17.1. The van der Waals surface area contributed by atoms with Crippen molar-refractivity contribution in [2.24, 2.45) is 0 Å². The average Bonchev–Trinajstić information content (AvgIpc) is 2.77. The molecule has 30 heavy (non-hydrogen) atoms. The van der Waals surface area contributed by atoms with E-state index >= 15 is 0 Å². The van der Waals surface area contributed by atoms with Crippen molar-refractivity contribution in [3.8, 4) is 22.6 Å². The zero-order chi connectivity index (χ0) is 21.7. The van der Waals surface area contributed by atoms with E-state index in [1.807, 2.05) is 0 Å². The van der Waals surface area contributed by atoms with E-state index in [0.717, 1.165) is 5.56 Å². The van der Waals surface area contributed by atoms with Crippen molar-refractivity contribution >= 4 is 29.4 Å². The topological polar surface area (TPSA) is 72.8 Å². The molecule has 1 N–H and O–H groups in total. The zero-order valence-electron chi connectivity index (χ0n) is 16.4. The van der Waals surface area contributed by atoms with Crippen molar-refractivity contribution in [2.45, 2.75) is 0 Å². The van der Waals surface area contributed by atoms with Crippen molar-refractivity contribution in [2.75, 3.05) is 14.2 Å². The highest BCUT2D eigenvalue weighted by atomic mass is 35.5. The number of carbonyl (C=O) groups is 2. The van der Waals surface area contributed by atoms with E-state index in [4.69, 9.17) is 21.1 Å². The van der Waals surface area contributed by atoms with Gasteiger partial charge in [0.1, 0.15) is 11.5 Å². The highest BCUT2D eigenvalue weighted by Crippen LogP contribution is 2.28. The minimum Gasteiger partial charge on any atom is -0.497 e. The molecule has 3 aromatic rings. The summed E-state index contributed by atoms with van der Waals surface area (Å²) >= 11 is 6.02. The van der Waals surface area contributed by atoms with Gasteiger partial charge in [-0.05, 0) is 53.6 Å². The molecule has 0 fully saturated rings. The lowest BCUT2D eigenvalue weighted by Gasteiger charge is -2.08. The summed E-state index contributed by atoms with van der Waals surface area (Å²) < 4.78 is 10.5. The molecule has 0 aromatic heterocycles. The van der Waals surface area contributed by atoms with Crippen LogP contribution >= 0.6 is 11.6 Å². The second kappa shape index (κ2) is 9.29. The number of rotatable bonds is 7. The van der Waals surface area contributed by atoms with Gasteiger partial charge in [-0.3, -0.25) is 4.79 Å². The molecule has 0 saturated heterocycles. The first-order chi connectivity index (χ1) is 14.4. The van der Waals surface area contributed by atoms with Gasteiger partial charge in [-0.2, -0.15) is 0 Å². The van der Waals surface area contributed by atoms with Gasteiger partial charge in [-0.15, -0.1) is 0 Å². The van der Waals surface area contributed by atoms with E-state index in [1.165, 1.54) is 18.2 Å². The van der Waals surface area contributed by atoms with Gasteiger partial charge in [0.05, 0.1) is 19.8 Å². The van der Waals surface area contributed by atoms with Crippen LogP contribution in [0.1, 0.15) is 26.3 Å². The van der Waals surface area contributed by atoms with E-state index in [2.05, 4.69) is 0 Å². The van der Waals surface area contributed by atoms with Crippen molar-refractivity contribution < 1.29 is 24.2 Å². The standard InChI is InChI=1S/C24H19ClO5/c1-29-19-10-7-17(23(14-19)30-2)8-12-22(26)16-5-3-15(4-6-16)21-13-18(25)9-11-20(21)24(27)28/h3-14H,1-2H3,(H,27,28)/b12-8-. The molecule has 0 bridgehead atoms. The smallest absolute Gasteiger partial charge is 0.336 e. The van der Waals surface area contributed by atoms with Crippen molar-refractivity contribution in [3.05, 3.63) is 88.5 Å². The minimum atomic E-state index is -1.04. The third kappa shape index (κ3) is 4.70. The molecule has 3 aromatic carbocycles. The Labute approximate surface area is 179 Å². The summed E-state index contributed by atoms with van der Waals surface area (Å²) in [4.78, 5) is 24.0. The molecule has 5 nitrogen and oxygen atoms in total. The van der Waals surface area contributed by atoms with Gasteiger partial charge < -0.3 is 14.6 Å². The molecule has 3 rings (SSSR count). The number of halogens is 1. The second-order valence-electron chi connectivity index (χ2n) is 6.38. The molecule has 0 heterocycles. The van der Waals surface area contributed by atoms with Gasteiger partial charge in [0, 0.05) is 22.2 Å². The summed E-state index contributed by atoms with van der Waals surface area (Å²) in [7, 11) is 3.12. The first kappa shape index (κ1) is 21.1. The fraction of sp³-hybridized carbons (Fsp3) is 0.0833. The summed E-state index contributed by atoms with van der Waals surface area (Å²) in [6.45, 7) is 0. The number of carbonyl (C=O) groups excluding carboxylic acids is 1. The Bertz CT molecular complexity index is 1120. The number of ketones is 1. The molecule has 152 valence electrons. The highest BCUT2D eigenvalue weighted by molar-refractivity contribution is 6.31. The van der Waals surface area contributed by atoms with Crippen LogP contribution in [0, 0.1) is 0 Å². The molecule has 0 unspecified atom stereocenters. The molecular formula is C24H19ClO5. The van der Waals surface area contributed by atoms with E-state index in [0.29, 0.717) is 33.2 Å². The summed E-state index contributed by atoms with van der Waals surface area (Å²) in [6.07, 6.45) is 3.13. The summed E-state index contributed by atoms with van der Waals surface area (Å²) in [6, 6.07) is 16.6. The first-order valence-electron chi connectivity index (χ1n) is 9.00. The normalized spacial score (nSPS) is 10.8. The molecule has 6 heteroatoms. The van der Waals surface area contributed by atoms with Gasteiger partial charge in [0.25, 0.3) is 0 Å². The van der Waals surface area contributed by atoms with Crippen LogP contribution in [-0.4, -0.2) is 31.1 Å². The number of carboxylic acid groups (broad SMARTS) is 1. The number of allylic oxidation sites excluding steroid dienone is 1. The second-order valence-corrected chi connectivity index (χ2v) is 6.81. The largest absolute Gasteiger partial charge is 0.497 e. The van der Waals surface area contributed by atoms with E-state index < -0.39 is 5.97 Å². The van der Waals surface area contributed by atoms with Gasteiger partial charge in [0.15, 0.2) is 5.78 Å². The van der Waals surface area contributed by atoms with Gasteiger partial charge in [-0.1, -0.05) is 35.9 Å². The van der Waals surface area contributed by atoms with Crippen LogP contribution < -0.4 is 9.47 Å². The number of hydrogen-bond donors (Lipinski definition) is 1. The van der Waals surface area contributed by atoms with Crippen LogP contribution in [0.15, 0.2) is 66.7 Å². The van der Waals surface area contributed by atoms with E-state index in [1.54, 1.807) is 68.8 Å². The molecule has 0 saturated carbocycles. The van der Waals surface area contributed by atoms with Crippen LogP contribution in [-0.2, 0) is 0 Å². The molecule has 0 aliphatic rings. The lowest BCUT2D eigenvalue weighted by atomic mass is 9.98. The third-order valence-corrected chi connectivity index (χ3v) is 4.78. The lowest BCUT2D eigenvalue weighted by molar-refractivity contribution is 0.0697. The maximum Gasteiger partial charge on any atom is 0.336 e. The summed E-state index contributed by atoms with van der Waals surface area (Å²) in [5.74, 6) is 0.0192. The molecular weight excluding hydrogens is 404 g/mol. The molecule has 0 aliphatic carbocycles. The lowest BCUT2D eigenvalue weighted by Crippen LogP contribution is -2.00. The summed E-state index contributed by atoms with van der Waals surface area (Å²) in [5, 5.41) is 9.83. The fourth-order valence-electron chi connectivity index (χ4n) is 2.97. The number of hydrogen-bond acceptors (Lipinski definition) is 4. The van der Waals surface area contributed by atoms with E-state index in [-0.39, 0.29) is 11.3 Å². The number of aromatic carboxylic acids is 1. The Morgan fingerprint density at radius 2 is 1.67 bits per heavy atom. The SMILES string of the molecule is COc1ccc(/C=C\C(=O)c2ccc(-c3cc(Cl)ccc3C(=O)O)cc2)c(OC)c1. The molecule has 0 atom stereocenters.